The van der Waals surface area contributed by atoms with Crippen molar-refractivity contribution in [3.05, 3.63) is 106 Å². The molecule has 0 fully saturated rings. The second kappa shape index (κ2) is 10.3. The maximum absolute atomic E-state index is 5.74. The number of nitrogens with two attached hydrogens (primary N) is 2. The number of hydrogen-bond donors (Lipinski definition) is 2. The molecule has 0 unspecified atom stereocenters. The maximum atomic E-state index is 5.74. The fourth-order valence-electron chi connectivity index (χ4n) is 2.63. The third-order valence-corrected chi connectivity index (χ3v) is 4.46. The Labute approximate surface area is 178 Å². The number of nitrogen functional groups attached to an aromatic ring is 2. The largest absolute Gasteiger partial charge is 0.382 e. The van der Waals surface area contributed by atoms with Crippen LogP contribution in [0.25, 0.3) is 0 Å². The monoisotopic (exact) mass is 448 g/mol. The van der Waals surface area contributed by atoms with E-state index in [-0.39, 0.29) is 0 Å². The minimum atomic E-state index is 0.488. The van der Waals surface area contributed by atoms with Crippen molar-refractivity contribution in [3.63, 3.8) is 0 Å². The van der Waals surface area contributed by atoms with Gasteiger partial charge in [0.2, 0.25) is 0 Å². The Morgan fingerprint density at radius 2 is 1.17 bits per heavy atom. The number of halogens is 1. The Morgan fingerprint density at radius 1 is 0.655 bits per heavy atom. The Morgan fingerprint density at radius 3 is 1.76 bits per heavy atom. The predicted molar refractivity (Wildman–Crippen MR) is 119 cm³/mol. The predicted octanol–water partition coefficient (Wildman–Crippen LogP) is 4.06. The molecular formula is C22H21BrN6. The normalized spacial score (nSPS) is 10.1. The van der Waals surface area contributed by atoms with Crippen LogP contribution in [0, 0.1) is 0 Å². The molecule has 2 heterocycles. The van der Waals surface area contributed by atoms with E-state index in [9.17, 15) is 0 Å². The highest BCUT2D eigenvalue weighted by Gasteiger charge is 2.04. The summed E-state index contributed by atoms with van der Waals surface area (Å²) in [5, 5.41) is 0. The summed E-state index contributed by atoms with van der Waals surface area (Å²) in [7, 11) is 0. The third kappa shape index (κ3) is 6.36. The highest BCUT2D eigenvalue weighted by Crippen LogP contribution is 2.15. The Hall–Kier alpha value is -3.32. The molecule has 29 heavy (non-hydrogen) atoms. The number of hydrogen-bond acceptors (Lipinski definition) is 6. The number of benzene rings is 2. The molecule has 6 nitrogen and oxygen atoms in total. The van der Waals surface area contributed by atoms with Gasteiger partial charge in [-0.15, -0.1) is 0 Å². The molecule has 0 aliphatic rings. The topological polar surface area (TPSA) is 104 Å². The first-order chi connectivity index (χ1) is 14.1. The molecule has 0 saturated carbocycles. The average Bonchev–Trinajstić information content (AvgIpc) is 2.74. The van der Waals surface area contributed by atoms with Crippen LogP contribution in [0.1, 0.15) is 22.5 Å². The first-order valence-corrected chi connectivity index (χ1v) is 9.81. The molecule has 146 valence electrons. The van der Waals surface area contributed by atoms with Crippen LogP contribution in [-0.2, 0) is 12.8 Å². The van der Waals surface area contributed by atoms with Gasteiger partial charge in [0, 0.05) is 25.2 Å². The van der Waals surface area contributed by atoms with E-state index >= 15 is 0 Å². The van der Waals surface area contributed by atoms with Gasteiger partial charge in [-0.1, -0.05) is 60.7 Å². The van der Waals surface area contributed by atoms with Crippen LogP contribution in [0.2, 0.25) is 0 Å². The first-order valence-electron chi connectivity index (χ1n) is 9.02. The summed E-state index contributed by atoms with van der Waals surface area (Å²) in [6.45, 7) is 0. The highest BCUT2D eigenvalue weighted by atomic mass is 79.9. The van der Waals surface area contributed by atoms with Crippen LogP contribution in [0.5, 0.6) is 0 Å². The van der Waals surface area contributed by atoms with Gasteiger partial charge < -0.3 is 11.5 Å². The quantitative estimate of drug-likeness (QED) is 0.487. The van der Waals surface area contributed by atoms with Crippen molar-refractivity contribution in [1.82, 2.24) is 19.9 Å². The first kappa shape index (κ1) is 20.4. The third-order valence-electron chi connectivity index (χ3n) is 4.08. The number of aromatic nitrogens is 4. The SMILES string of the molecule is Nc1ncc(Br)nc1Cc1ccccc1.Nc1nccnc1Cc1ccccc1. The molecule has 0 amide bonds. The fraction of sp³-hybridized carbons (Fsp3) is 0.0909. The van der Waals surface area contributed by atoms with Crippen LogP contribution < -0.4 is 11.5 Å². The molecule has 0 aliphatic carbocycles. The molecule has 2 aromatic heterocycles. The smallest absolute Gasteiger partial charge is 0.145 e. The molecule has 2 aromatic carbocycles. The molecule has 4 aromatic rings. The van der Waals surface area contributed by atoms with Gasteiger partial charge in [-0.3, -0.25) is 4.98 Å². The number of rotatable bonds is 4. The van der Waals surface area contributed by atoms with Crippen LogP contribution >= 0.6 is 15.9 Å². The zero-order valence-electron chi connectivity index (χ0n) is 15.7. The highest BCUT2D eigenvalue weighted by molar-refractivity contribution is 9.10. The summed E-state index contributed by atoms with van der Waals surface area (Å²) < 4.78 is 0.711. The lowest BCUT2D eigenvalue weighted by molar-refractivity contribution is 1.02. The Kier molecular flexibility index (Phi) is 7.24. The lowest BCUT2D eigenvalue weighted by Crippen LogP contribution is -2.01. The molecule has 0 spiro atoms. The van der Waals surface area contributed by atoms with E-state index in [1.807, 2.05) is 60.7 Å². The molecule has 4 N–H and O–H groups in total. The van der Waals surface area contributed by atoms with Crippen molar-refractivity contribution in [1.29, 1.82) is 0 Å². The van der Waals surface area contributed by atoms with Gasteiger partial charge in [0.15, 0.2) is 0 Å². The van der Waals surface area contributed by atoms with Crippen LogP contribution in [0.3, 0.4) is 0 Å². The lowest BCUT2D eigenvalue weighted by Gasteiger charge is -2.04. The molecule has 0 saturated heterocycles. The van der Waals surface area contributed by atoms with Crippen LogP contribution in [0.4, 0.5) is 11.6 Å². The zero-order chi connectivity index (χ0) is 20.5. The Bertz CT molecular complexity index is 1040. The number of nitrogens with zero attached hydrogens (tertiary/aromatic N) is 4. The Balaban J connectivity index is 0.000000166. The summed E-state index contributed by atoms with van der Waals surface area (Å²) in [6, 6.07) is 20.2. The van der Waals surface area contributed by atoms with E-state index < -0.39 is 0 Å². The van der Waals surface area contributed by atoms with Crippen molar-refractivity contribution in [2.24, 2.45) is 0 Å². The van der Waals surface area contributed by atoms with E-state index in [1.54, 1.807) is 18.6 Å². The van der Waals surface area contributed by atoms with Gasteiger partial charge in [-0.25, -0.2) is 15.0 Å². The average molecular weight is 449 g/mol. The van der Waals surface area contributed by atoms with E-state index in [1.165, 1.54) is 11.1 Å². The molecular weight excluding hydrogens is 428 g/mol. The summed E-state index contributed by atoms with van der Waals surface area (Å²) in [5.74, 6) is 0.999. The fourth-order valence-corrected chi connectivity index (χ4v) is 2.95. The second-order valence-corrected chi connectivity index (χ2v) is 7.05. The summed E-state index contributed by atoms with van der Waals surface area (Å²) >= 11 is 3.28. The van der Waals surface area contributed by atoms with E-state index in [4.69, 9.17) is 11.5 Å². The molecule has 7 heteroatoms. The molecule has 0 bridgehead atoms. The van der Waals surface area contributed by atoms with Crippen LogP contribution in [-0.4, -0.2) is 19.9 Å². The zero-order valence-corrected chi connectivity index (χ0v) is 17.3. The van der Waals surface area contributed by atoms with Gasteiger partial charge in [0.25, 0.3) is 0 Å². The molecule has 0 aliphatic heterocycles. The summed E-state index contributed by atoms with van der Waals surface area (Å²) in [4.78, 5) is 16.5. The second-order valence-electron chi connectivity index (χ2n) is 6.24. The van der Waals surface area contributed by atoms with E-state index in [0.717, 1.165) is 17.8 Å². The molecule has 0 radical (unpaired) electrons. The lowest BCUT2D eigenvalue weighted by atomic mass is 10.1. The van der Waals surface area contributed by atoms with Gasteiger partial charge in [-0.2, -0.15) is 0 Å². The maximum Gasteiger partial charge on any atom is 0.145 e. The van der Waals surface area contributed by atoms with Gasteiger partial charge >= 0.3 is 0 Å². The molecule has 0 atom stereocenters. The van der Waals surface area contributed by atoms with E-state index in [2.05, 4.69) is 35.9 Å². The van der Waals surface area contributed by atoms with E-state index in [0.29, 0.717) is 22.7 Å². The van der Waals surface area contributed by atoms with Gasteiger partial charge in [-0.05, 0) is 27.1 Å². The molecule has 4 rings (SSSR count). The summed E-state index contributed by atoms with van der Waals surface area (Å²) in [6.07, 6.45) is 6.31. The van der Waals surface area contributed by atoms with Crippen molar-refractivity contribution in [3.8, 4) is 0 Å². The van der Waals surface area contributed by atoms with Crippen LogP contribution in [0.15, 0.2) is 83.9 Å². The minimum absolute atomic E-state index is 0.488. The van der Waals surface area contributed by atoms with Crippen molar-refractivity contribution < 1.29 is 0 Å². The van der Waals surface area contributed by atoms with Crippen molar-refractivity contribution >= 4 is 27.6 Å². The summed E-state index contributed by atoms with van der Waals surface area (Å²) in [5.41, 5.74) is 15.4. The van der Waals surface area contributed by atoms with Crippen molar-refractivity contribution in [2.45, 2.75) is 12.8 Å². The van der Waals surface area contributed by atoms with Gasteiger partial charge in [0.05, 0.1) is 17.6 Å². The van der Waals surface area contributed by atoms with Crippen molar-refractivity contribution in [2.75, 3.05) is 11.5 Å². The standard InChI is InChI=1S/C11H10BrN3.C11H11N3/c12-10-7-14-11(13)9(15-10)6-8-4-2-1-3-5-8;12-11-10(13-6-7-14-11)8-9-4-2-1-3-5-9/h1-5,7H,6H2,(H2,13,14);1-7H,8H2,(H2,12,14). The number of anilines is 2. The van der Waals surface area contributed by atoms with Gasteiger partial charge in [0.1, 0.15) is 16.2 Å². The minimum Gasteiger partial charge on any atom is -0.382 e.